The van der Waals surface area contributed by atoms with E-state index in [1.54, 1.807) is 42.5 Å². The third kappa shape index (κ3) is 4.56. The fraction of sp³-hybridized carbons (Fsp3) is 0.208. The summed E-state index contributed by atoms with van der Waals surface area (Å²) in [5.41, 5.74) is 0.936. The molecule has 7 heteroatoms. The maximum atomic E-state index is 13.2. The number of rotatable bonds is 5. The number of amides is 1. The average molecular weight is 437 g/mol. The Hall–Kier alpha value is -3.32. The highest BCUT2D eigenvalue weighted by Gasteiger charge is 2.34. The summed E-state index contributed by atoms with van der Waals surface area (Å²) in [5.74, 6) is 0.381. The Bertz CT molecular complexity index is 1210. The number of sulfonamides is 1. The summed E-state index contributed by atoms with van der Waals surface area (Å²) < 4.78 is 34.1. The van der Waals surface area contributed by atoms with Crippen LogP contribution in [0.2, 0.25) is 0 Å². The van der Waals surface area contributed by atoms with Crippen LogP contribution in [0.25, 0.3) is 0 Å². The minimum atomic E-state index is -3.82. The lowest BCUT2D eigenvalue weighted by Crippen LogP contribution is -2.41. The molecule has 1 heterocycles. The maximum absolute atomic E-state index is 13.2. The van der Waals surface area contributed by atoms with E-state index in [1.807, 2.05) is 38.1 Å². The Balaban J connectivity index is 1.61. The molecule has 6 nitrogen and oxygen atoms in total. The minimum Gasteiger partial charge on any atom is -0.487 e. The Morgan fingerprint density at radius 1 is 0.935 bits per heavy atom. The average Bonchev–Trinajstić information content (AvgIpc) is 2.73. The Morgan fingerprint density at radius 3 is 2.35 bits per heavy atom. The first-order valence-corrected chi connectivity index (χ1v) is 11.5. The molecule has 0 spiro atoms. The molecule has 2 N–H and O–H groups in total. The molecule has 1 aliphatic rings. The molecular formula is C24H24N2O4S. The van der Waals surface area contributed by atoms with Crippen molar-refractivity contribution in [2.24, 2.45) is 0 Å². The standard InChI is InChI=1S/C24H24N2O4S/c1-24(2)16-21(18-12-7-9-15-22(18)30-24)25-23(27)19-13-6-8-14-20(19)26-31(28,29)17-10-4-3-5-11-17/h3-15,21,26H,16H2,1-2H3,(H,25,27)/t21-/m0/s1. The second kappa shape index (κ2) is 8.07. The molecule has 160 valence electrons. The van der Waals surface area contributed by atoms with Gasteiger partial charge in [0.1, 0.15) is 11.4 Å². The Kier molecular flexibility index (Phi) is 5.45. The van der Waals surface area contributed by atoms with Gasteiger partial charge in [-0.15, -0.1) is 0 Å². The summed E-state index contributed by atoms with van der Waals surface area (Å²) >= 11 is 0. The van der Waals surface area contributed by atoms with Crippen molar-refractivity contribution in [1.29, 1.82) is 0 Å². The molecule has 4 rings (SSSR count). The van der Waals surface area contributed by atoms with Crippen LogP contribution < -0.4 is 14.8 Å². The van der Waals surface area contributed by atoms with Crippen LogP contribution in [0.4, 0.5) is 5.69 Å². The largest absolute Gasteiger partial charge is 0.487 e. The number of hydrogen-bond donors (Lipinski definition) is 2. The van der Waals surface area contributed by atoms with Crippen molar-refractivity contribution in [2.75, 3.05) is 4.72 Å². The van der Waals surface area contributed by atoms with Gasteiger partial charge in [-0.1, -0.05) is 48.5 Å². The number of carbonyl (C=O) groups is 1. The van der Waals surface area contributed by atoms with Crippen LogP contribution >= 0.6 is 0 Å². The summed E-state index contributed by atoms with van der Waals surface area (Å²) in [4.78, 5) is 13.3. The molecule has 1 atom stereocenters. The van der Waals surface area contributed by atoms with Gasteiger partial charge in [-0.25, -0.2) is 8.42 Å². The summed E-state index contributed by atoms with van der Waals surface area (Å²) in [6, 6.07) is 22.0. The molecule has 3 aromatic rings. The number of benzene rings is 3. The van der Waals surface area contributed by atoms with E-state index in [-0.39, 0.29) is 28.1 Å². The van der Waals surface area contributed by atoms with E-state index in [2.05, 4.69) is 10.0 Å². The number of carbonyl (C=O) groups excluding carboxylic acids is 1. The van der Waals surface area contributed by atoms with Gasteiger partial charge in [0.25, 0.3) is 15.9 Å². The SMILES string of the molecule is CC1(C)C[C@H](NC(=O)c2ccccc2NS(=O)(=O)c2ccccc2)c2ccccc2O1. The topological polar surface area (TPSA) is 84.5 Å². The fourth-order valence-corrected chi connectivity index (χ4v) is 4.84. The number of anilines is 1. The van der Waals surface area contributed by atoms with Crippen molar-refractivity contribution in [3.63, 3.8) is 0 Å². The molecule has 1 amide bonds. The van der Waals surface area contributed by atoms with Gasteiger partial charge >= 0.3 is 0 Å². The zero-order valence-corrected chi connectivity index (χ0v) is 18.1. The molecule has 1 aliphatic heterocycles. The zero-order valence-electron chi connectivity index (χ0n) is 17.3. The van der Waals surface area contributed by atoms with E-state index in [1.165, 1.54) is 12.1 Å². The van der Waals surface area contributed by atoms with Gasteiger partial charge in [0, 0.05) is 12.0 Å². The minimum absolute atomic E-state index is 0.130. The third-order valence-corrected chi connectivity index (χ3v) is 6.53. The van der Waals surface area contributed by atoms with Crippen molar-refractivity contribution in [3.05, 3.63) is 90.0 Å². The molecule has 3 aromatic carbocycles. The molecular weight excluding hydrogens is 412 g/mol. The Labute approximate surface area is 182 Å². The molecule has 0 unspecified atom stereocenters. The molecule has 0 fully saturated rings. The van der Waals surface area contributed by atoms with Crippen LogP contribution in [0.5, 0.6) is 5.75 Å². The van der Waals surface area contributed by atoms with Crippen LogP contribution in [0, 0.1) is 0 Å². The highest BCUT2D eigenvalue weighted by Crippen LogP contribution is 2.39. The smallest absolute Gasteiger partial charge is 0.261 e. The van der Waals surface area contributed by atoms with E-state index >= 15 is 0 Å². The van der Waals surface area contributed by atoms with Gasteiger partial charge in [0.15, 0.2) is 0 Å². The lowest BCUT2D eigenvalue weighted by atomic mass is 9.89. The van der Waals surface area contributed by atoms with Crippen LogP contribution in [0.1, 0.15) is 42.2 Å². The van der Waals surface area contributed by atoms with Crippen molar-refractivity contribution >= 4 is 21.6 Å². The molecule has 31 heavy (non-hydrogen) atoms. The number of hydrogen-bond acceptors (Lipinski definition) is 4. The van der Waals surface area contributed by atoms with Crippen molar-refractivity contribution < 1.29 is 17.9 Å². The quantitative estimate of drug-likeness (QED) is 0.616. The van der Waals surface area contributed by atoms with Crippen LogP contribution in [0.15, 0.2) is 83.8 Å². The van der Waals surface area contributed by atoms with Gasteiger partial charge in [0.05, 0.1) is 22.2 Å². The molecule has 0 saturated heterocycles. The lowest BCUT2D eigenvalue weighted by Gasteiger charge is -2.38. The van der Waals surface area contributed by atoms with Crippen molar-refractivity contribution in [2.45, 2.75) is 36.8 Å². The second-order valence-electron chi connectivity index (χ2n) is 8.09. The van der Waals surface area contributed by atoms with E-state index in [9.17, 15) is 13.2 Å². The first kappa shape index (κ1) is 20.9. The first-order valence-electron chi connectivity index (χ1n) is 10.0. The highest BCUT2D eigenvalue weighted by molar-refractivity contribution is 7.92. The van der Waals surface area contributed by atoms with Gasteiger partial charge in [-0.3, -0.25) is 9.52 Å². The van der Waals surface area contributed by atoms with E-state index in [4.69, 9.17) is 4.74 Å². The van der Waals surface area contributed by atoms with Crippen LogP contribution in [-0.4, -0.2) is 19.9 Å². The van der Waals surface area contributed by atoms with Gasteiger partial charge in [-0.05, 0) is 44.2 Å². The summed E-state index contributed by atoms with van der Waals surface area (Å²) in [6.07, 6.45) is 0.591. The fourth-order valence-electron chi connectivity index (χ4n) is 3.74. The zero-order chi connectivity index (χ0) is 22.1. The predicted molar refractivity (Wildman–Crippen MR) is 120 cm³/mol. The van der Waals surface area contributed by atoms with Crippen LogP contribution in [0.3, 0.4) is 0 Å². The van der Waals surface area contributed by atoms with Gasteiger partial charge in [0.2, 0.25) is 0 Å². The van der Waals surface area contributed by atoms with E-state index in [0.717, 1.165) is 11.3 Å². The number of fused-ring (bicyclic) bond motifs is 1. The maximum Gasteiger partial charge on any atom is 0.261 e. The second-order valence-corrected chi connectivity index (χ2v) is 9.78. The Morgan fingerprint density at radius 2 is 1.58 bits per heavy atom. The lowest BCUT2D eigenvalue weighted by molar-refractivity contribution is 0.0620. The van der Waals surface area contributed by atoms with Gasteiger partial charge < -0.3 is 10.1 Å². The van der Waals surface area contributed by atoms with E-state index in [0.29, 0.717) is 6.42 Å². The molecule has 0 radical (unpaired) electrons. The molecule has 0 aliphatic carbocycles. The van der Waals surface area contributed by atoms with Crippen LogP contribution in [-0.2, 0) is 10.0 Å². The molecule has 0 bridgehead atoms. The summed E-state index contributed by atoms with van der Waals surface area (Å²) in [5, 5.41) is 3.06. The van der Waals surface area contributed by atoms with Gasteiger partial charge in [-0.2, -0.15) is 0 Å². The van der Waals surface area contributed by atoms with Crippen molar-refractivity contribution in [1.82, 2.24) is 5.32 Å². The normalized spacial score (nSPS) is 17.2. The number of para-hydroxylation sites is 2. The predicted octanol–water partition coefficient (Wildman–Crippen LogP) is 4.52. The summed E-state index contributed by atoms with van der Waals surface area (Å²) in [7, 11) is -3.82. The first-order chi connectivity index (χ1) is 14.8. The van der Waals surface area contributed by atoms with Crippen molar-refractivity contribution in [3.8, 4) is 5.75 Å². The monoisotopic (exact) mass is 436 g/mol. The number of nitrogens with one attached hydrogen (secondary N) is 2. The number of ether oxygens (including phenoxy) is 1. The van der Waals surface area contributed by atoms with E-state index < -0.39 is 15.6 Å². The highest BCUT2D eigenvalue weighted by atomic mass is 32.2. The molecule has 0 aromatic heterocycles. The molecule has 0 saturated carbocycles. The summed E-state index contributed by atoms with van der Waals surface area (Å²) in [6.45, 7) is 3.95. The third-order valence-electron chi connectivity index (χ3n) is 5.15.